The van der Waals surface area contributed by atoms with Crippen molar-refractivity contribution in [3.05, 3.63) is 66.2 Å². The van der Waals surface area contributed by atoms with Gasteiger partial charge in [-0.15, -0.1) is 0 Å². The van der Waals surface area contributed by atoms with Gasteiger partial charge in [-0.1, -0.05) is 41.6 Å². The maximum atomic E-state index is 13.4. The lowest BCUT2D eigenvalue weighted by molar-refractivity contribution is -0.126. The number of rotatable bonds is 4. The van der Waals surface area contributed by atoms with Crippen molar-refractivity contribution in [1.82, 2.24) is 0 Å². The number of anilines is 1. The van der Waals surface area contributed by atoms with Crippen LogP contribution >= 0.6 is 0 Å². The van der Waals surface area contributed by atoms with Crippen molar-refractivity contribution >= 4 is 34.0 Å². The first-order valence-electron chi connectivity index (χ1n) is 9.45. The summed E-state index contributed by atoms with van der Waals surface area (Å²) < 4.78 is 10.6. The molecular weight excluding hydrogens is 384 g/mol. The number of nitrogens with zero attached hydrogens (tertiary/aromatic N) is 2. The van der Waals surface area contributed by atoms with E-state index in [0.29, 0.717) is 28.5 Å². The van der Waals surface area contributed by atoms with Crippen molar-refractivity contribution < 1.29 is 23.9 Å². The number of carbonyl (C=O) groups excluding carboxylic acids is 2. The van der Waals surface area contributed by atoms with Gasteiger partial charge in [0.25, 0.3) is 5.91 Å². The molecule has 0 unspecified atom stereocenters. The summed E-state index contributed by atoms with van der Waals surface area (Å²) in [5, 5.41) is 5.84. The summed E-state index contributed by atoms with van der Waals surface area (Å²) in [6, 6.07) is 18.4. The molecule has 1 saturated heterocycles. The fourth-order valence-electron chi connectivity index (χ4n) is 4.05. The Morgan fingerprint density at radius 1 is 0.900 bits per heavy atom. The number of hydrogen-bond acceptors (Lipinski definition) is 6. The summed E-state index contributed by atoms with van der Waals surface area (Å²) in [7, 11) is 3.08. The van der Waals surface area contributed by atoms with Crippen LogP contribution in [-0.2, 0) is 14.4 Å². The van der Waals surface area contributed by atoms with E-state index in [9.17, 15) is 9.59 Å². The lowest BCUT2D eigenvalue weighted by atomic mass is 9.94. The lowest BCUT2D eigenvalue weighted by Crippen LogP contribution is -2.33. The number of imide groups is 1. The van der Waals surface area contributed by atoms with Gasteiger partial charge in [0, 0.05) is 10.9 Å². The van der Waals surface area contributed by atoms with E-state index in [4.69, 9.17) is 14.3 Å². The van der Waals surface area contributed by atoms with Crippen LogP contribution in [0.15, 0.2) is 65.8 Å². The van der Waals surface area contributed by atoms with Crippen molar-refractivity contribution in [2.45, 2.75) is 6.10 Å². The first-order chi connectivity index (χ1) is 14.6. The molecule has 3 aromatic carbocycles. The number of amides is 2. The molecule has 7 heteroatoms. The van der Waals surface area contributed by atoms with Gasteiger partial charge >= 0.3 is 0 Å². The maximum absolute atomic E-state index is 13.4. The maximum Gasteiger partial charge on any atom is 0.278 e. The van der Waals surface area contributed by atoms with E-state index < -0.39 is 17.9 Å². The molecular formula is C23H18N2O5. The molecule has 0 aromatic heterocycles. The molecule has 3 aromatic rings. The van der Waals surface area contributed by atoms with Crippen molar-refractivity contribution in [1.29, 1.82) is 0 Å². The van der Waals surface area contributed by atoms with E-state index in [0.717, 1.165) is 10.8 Å². The van der Waals surface area contributed by atoms with Crippen LogP contribution in [0.1, 0.15) is 5.56 Å². The van der Waals surface area contributed by atoms with Crippen LogP contribution in [0.3, 0.4) is 0 Å². The SMILES string of the molecule is COc1ccc(C2=NO[C@H]3C(=O)N(c4cccc5ccccc45)C(=O)[C@@H]23)cc1OC. The van der Waals surface area contributed by atoms with E-state index in [1.54, 1.807) is 31.4 Å². The molecule has 1 fully saturated rings. The molecule has 2 aliphatic rings. The normalized spacial score (nSPS) is 20.2. The first-order valence-corrected chi connectivity index (χ1v) is 9.45. The molecule has 2 atom stereocenters. The van der Waals surface area contributed by atoms with Gasteiger partial charge in [0.2, 0.25) is 12.0 Å². The van der Waals surface area contributed by atoms with Crippen molar-refractivity contribution in [2.75, 3.05) is 19.1 Å². The summed E-state index contributed by atoms with van der Waals surface area (Å²) in [6.45, 7) is 0. The van der Waals surface area contributed by atoms with Gasteiger partial charge in [-0.2, -0.15) is 0 Å². The highest BCUT2D eigenvalue weighted by molar-refractivity contribution is 6.33. The van der Waals surface area contributed by atoms with Gasteiger partial charge in [-0.05, 0) is 29.7 Å². The van der Waals surface area contributed by atoms with E-state index in [1.807, 2.05) is 36.4 Å². The van der Waals surface area contributed by atoms with Crippen LogP contribution in [0.2, 0.25) is 0 Å². The van der Waals surface area contributed by atoms with Crippen LogP contribution in [0.25, 0.3) is 10.8 Å². The van der Waals surface area contributed by atoms with Gasteiger partial charge < -0.3 is 14.3 Å². The van der Waals surface area contributed by atoms with Gasteiger partial charge in [0.05, 0.1) is 19.9 Å². The van der Waals surface area contributed by atoms with Crippen LogP contribution in [0.4, 0.5) is 5.69 Å². The average Bonchev–Trinajstić information content (AvgIpc) is 3.33. The zero-order valence-electron chi connectivity index (χ0n) is 16.4. The number of hydrogen-bond donors (Lipinski definition) is 0. The van der Waals surface area contributed by atoms with E-state index in [-0.39, 0.29) is 5.91 Å². The summed E-state index contributed by atoms with van der Waals surface area (Å²) in [5.41, 5.74) is 1.59. The standard InChI is InChI=1S/C23H18N2O5/c1-28-17-11-10-14(12-18(17)29-2)20-19-21(30-24-20)23(27)25(22(19)26)16-9-5-7-13-6-3-4-8-15(13)16/h3-12,19,21H,1-2H3/t19-,21+/m0/s1. The third-order valence-electron chi connectivity index (χ3n) is 5.50. The van der Waals surface area contributed by atoms with E-state index in [2.05, 4.69) is 5.16 Å². The molecule has 0 radical (unpaired) electrons. The van der Waals surface area contributed by atoms with Crippen LogP contribution in [0.5, 0.6) is 11.5 Å². The number of oxime groups is 1. The average molecular weight is 402 g/mol. The molecule has 150 valence electrons. The Labute approximate surface area is 172 Å². The fourth-order valence-corrected chi connectivity index (χ4v) is 4.05. The Kier molecular flexibility index (Phi) is 4.17. The van der Waals surface area contributed by atoms with E-state index >= 15 is 0 Å². The van der Waals surface area contributed by atoms with Crippen LogP contribution in [0, 0.1) is 5.92 Å². The molecule has 30 heavy (non-hydrogen) atoms. The zero-order valence-corrected chi connectivity index (χ0v) is 16.4. The molecule has 0 aliphatic carbocycles. The molecule has 0 bridgehead atoms. The highest BCUT2D eigenvalue weighted by atomic mass is 16.7. The summed E-state index contributed by atoms with van der Waals surface area (Å²) in [4.78, 5) is 33.1. The van der Waals surface area contributed by atoms with Crippen LogP contribution < -0.4 is 14.4 Å². The molecule has 2 amide bonds. The monoisotopic (exact) mass is 402 g/mol. The highest BCUT2D eigenvalue weighted by Crippen LogP contribution is 2.39. The Bertz CT molecular complexity index is 1210. The predicted molar refractivity (Wildman–Crippen MR) is 111 cm³/mol. The Balaban J connectivity index is 1.55. The van der Waals surface area contributed by atoms with Gasteiger partial charge in [-0.25, -0.2) is 4.90 Å². The van der Waals surface area contributed by atoms with Crippen LogP contribution in [-0.4, -0.2) is 37.8 Å². The summed E-state index contributed by atoms with van der Waals surface area (Å²) in [5.74, 6) is -0.519. The minimum absolute atomic E-state index is 0.354. The largest absolute Gasteiger partial charge is 0.493 e. The Hall–Kier alpha value is -3.87. The first kappa shape index (κ1) is 18.2. The zero-order chi connectivity index (χ0) is 20.8. The molecule has 0 N–H and O–H groups in total. The van der Waals surface area contributed by atoms with E-state index in [1.165, 1.54) is 12.0 Å². The number of methoxy groups -OCH3 is 2. The molecule has 2 heterocycles. The van der Waals surface area contributed by atoms with Crippen molar-refractivity contribution in [3.8, 4) is 11.5 Å². The highest BCUT2D eigenvalue weighted by Gasteiger charge is 2.56. The molecule has 0 spiro atoms. The molecule has 0 saturated carbocycles. The smallest absolute Gasteiger partial charge is 0.278 e. The molecule has 2 aliphatic heterocycles. The van der Waals surface area contributed by atoms with Crippen molar-refractivity contribution in [3.63, 3.8) is 0 Å². The number of benzene rings is 3. The topological polar surface area (TPSA) is 77.4 Å². The second kappa shape index (κ2) is 6.88. The molecule has 5 rings (SSSR count). The Morgan fingerprint density at radius 3 is 2.47 bits per heavy atom. The second-order valence-electron chi connectivity index (χ2n) is 7.06. The van der Waals surface area contributed by atoms with Crippen molar-refractivity contribution in [2.24, 2.45) is 11.1 Å². The second-order valence-corrected chi connectivity index (χ2v) is 7.06. The summed E-state index contributed by atoms with van der Waals surface area (Å²) in [6.07, 6.45) is -0.973. The lowest BCUT2D eigenvalue weighted by Gasteiger charge is -2.18. The van der Waals surface area contributed by atoms with Gasteiger partial charge in [0.15, 0.2) is 11.5 Å². The van der Waals surface area contributed by atoms with Gasteiger partial charge in [-0.3, -0.25) is 9.59 Å². The summed E-state index contributed by atoms with van der Waals surface area (Å²) >= 11 is 0. The molecule has 7 nitrogen and oxygen atoms in total. The number of ether oxygens (including phenoxy) is 2. The number of carbonyl (C=O) groups is 2. The Morgan fingerprint density at radius 2 is 1.67 bits per heavy atom. The fraction of sp³-hybridized carbons (Fsp3) is 0.174. The minimum atomic E-state index is -0.973. The predicted octanol–water partition coefficient (Wildman–Crippen LogP) is 3.15. The van der Waals surface area contributed by atoms with Gasteiger partial charge in [0.1, 0.15) is 11.6 Å². The third-order valence-corrected chi connectivity index (χ3v) is 5.50. The number of fused-ring (bicyclic) bond motifs is 2. The third kappa shape index (κ3) is 2.55. The quantitative estimate of drug-likeness (QED) is 0.627. The minimum Gasteiger partial charge on any atom is -0.493 e.